The second-order valence-electron chi connectivity index (χ2n) is 5.10. The van der Waals surface area contributed by atoms with E-state index in [-0.39, 0.29) is 5.91 Å². The predicted octanol–water partition coefficient (Wildman–Crippen LogP) is 5.86. The van der Waals surface area contributed by atoms with Gasteiger partial charge in [0.05, 0.1) is 25.2 Å². The Labute approximate surface area is 178 Å². The number of ether oxygens (including phenoxy) is 1. The maximum atomic E-state index is 12.8. The van der Waals surface area contributed by atoms with Crippen molar-refractivity contribution in [3.8, 4) is 5.75 Å². The van der Waals surface area contributed by atoms with E-state index >= 15 is 0 Å². The fraction of sp³-hybridized carbons (Fsp3) is 0.111. The number of carbonyl (C=O) groups is 1. The van der Waals surface area contributed by atoms with E-state index in [9.17, 15) is 4.79 Å². The van der Waals surface area contributed by atoms with Crippen LogP contribution in [0.25, 0.3) is 6.08 Å². The van der Waals surface area contributed by atoms with Gasteiger partial charge in [0, 0.05) is 0 Å². The Morgan fingerprint density at radius 1 is 1.32 bits per heavy atom. The first kappa shape index (κ1) is 18.9. The second-order valence-corrected chi connectivity index (χ2v) is 8.79. The number of carbonyl (C=O) groups excluding carboxylic acids is 1. The lowest BCUT2D eigenvalue weighted by atomic mass is 10.2. The van der Waals surface area contributed by atoms with Crippen LogP contribution in [0.4, 0.5) is 5.69 Å². The first-order valence-electron chi connectivity index (χ1n) is 7.46. The number of hydrogen-bond donors (Lipinski definition) is 0. The van der Waals surface area contributed by atoms with Crippen molar-refractivity contribution in [3.63, 3.8) is 0 Å². The average molecular weight is 546 g/mol. The highest BCUT2D eigenvalue weighted by Crippen LogP contribution is 2.38. The summed E-state index contributed by atoms with van der Waals surface area (Å²) in [5, 5.41) is 0. The largest absolute Gasteiger partial charge is 0.492 e. The van der Waals surface area contributed by atoms with Crippen LogP contribution in [0, 0.1) is 3.57 Å². The number of halogens is 2. The van der Waals surface area contributed by atoms with Gasteiger partial charge in [-0.05, 0) is 81.3 Å². The standard InChI is InChI=1S/C18H13BrINO2S2/c1-2-23-16-13(19)8-11(9-14(16)20)10-15-17(22)21(18(24)25-15)12-6-4-3-5-7-12/h3-10H,2H2,1H3/b15-10+. The van der Waals surface area contributed by atoms with Gasteiger partial charge in [-0.15, -0.1) is 0 Å². The molecular weight excluding hydrogens is 533 g/mol. The van der Waals surface area contributed by atoms with Crippen molar-refractivity contribution in [1.82, 2.24) is 0 Å². The molecule has 1 heterocycles. The summed E-state index contributed by atoms with van der Waals surface area (Å²) < 4.78 is 8.02. The molecule has 1 amide bonds. The molecule has 1 aliphatic rings. The number of thioether (sulfide) groups is 1. The minimum absolute atomic E-state index is 0.0961. The summed E-state index contributed by atoms with van der Waals surface area (Å²) in [6.07, 6.45) is 1.87. The SMILES string of the molecule is CCOc1c(Br)cc(/C=C2/SC(=S)N(c3ccccc3)C2=O)cc1I. The number of amides is 1. The number of nitrogens with zero attached hydrogens (tertiary/aromatic N) is 1. The Kier molecular flexibility index (Phi) is 6.19. The van der Waals surface area contributed by atoms with E-state index in [1.807, 2.05) is 55.5 Å². The molecule has 3 nitrogen and oxygen atoms in total. The van der Waals surface area contributed by atoms with Gasteiger partial charge in [0.15, 0.2) is 4.32 Å². The zero-order valence-corrected chi connectivity index (χ0v) is 18.5. The molecule has 1 saturated heterocycles. The van der Waals surface area contributed by atoms with Crippen LogP contribution in [0.2, 0.25) is 0 Å². The van der Waals surface area contributed by atoms with E-state index in [0.717, 1.165) is 25.0 Å². The highest BCUT2D eigenvalue weighted by atomic mass is 127. The van der Waals surface area contributed by atoms with Crippen LogP contribution in [0.1, 0.15) is 12.5 Å². The molecule has 0 unspecified atom stereocenters. The molecule has 25 heavy (non-hydrogen) atoms. The molecule has 0 aromatic heterocycles. The van der Waals surface area contributed by atoms with Crippen LogP contribution in [0.5, 0.6) is 5.75 Å². The molecule has 0 aliphatic carbocycles. The van der Waals surface area contributed by atoms with Crippen LogP contribution in [0.15, 0.2) is 51.8 Å². The Morgan fingerprint density at radius 2 is 2.04 bits per heavy atom. The van der Waals surface area contributed by atoms with Gasteiger partial charge >= 0.3 is 0 Å². The van der Waals surface area contributed by atoms with Gasteiger partial charge in [0.25, 0.3) is 5.91 Å². The van der Waals surface area contributed by atoms with Crippen molar-refractivity contribution < 1.29 is 9.53 Å². The summed E-state index contributed by atoms with van der Waals surface area (Å²) in [6.45, 7) is 2.55. The second kappa shape index (κ2) is 8.20. The summed E-state index contributed by atoms with van der Waals surface area (Å²) >= 11 is 12.5. The summed E-state index contributed by atoms with van der Waals surface area (Å²) in [5.41, 5.74) is 1.71. The Morgan fingerprint density at radius 3 is 2.68 bits per heavy atom. The van der Waals surface area contributed by atoms with E-state index in [4.69, 9.17) is 17.0 Å². The third-order valence-corrected chi connectivity index (χ3v) is 6.11. The van der Waals surface area contributed by atoms with Crippen molar-refractivity contribution in [2.75, 3.05) is 11.5 Å². The predicted molar refractivity (Wildman–Crippen MR) is 120 cm³/mol. The number of thiocarbonyl (C=S) groups is 1. The molecular formula is C18H13BrINO2S2. The lowest BCUT2D eigenvalue weighted by molar-refractivity contribution is -0.113. The number of rotatable bonds is 4. The molecule has 2 aromatic carbocycles. The molecule has 3 rings (SSSR count). The zero-order chi connectivity index (χ0) is 18.0. The molecule has 0 bridgehead atoms. The topological polar surface area (TPSA) is 29.5 Å². The third-order valence-electron chi connectivity index (χ3n) is 3.42. The van der Waals surface area contributed by atoms with Crippen LogP contribution in [-0.2, 0) is 4.79 Å². The lowest BCUT2D eigenvalue weighted by Gasteiger charge is -2.13. The van der Waals surface area contributed by atoms with Crippen molar-refractivity contribution >= 4 is 84.5 Å². The van der Waals surface area contributed by atoms with Crippen LogP contribution >= 0.6 is 62.5 Å². The van der Waals surface area contributed by atoms with Crippen LogP contribution in [-0.4, -0.2) is 16.8 Å². The van der Waals surface area contributed by atoms with Gasteiger partial charge < -0.3 is 4.74 Å². The van der Waals surface area contributed by atoms with Gasteiger partial charge in [-0.1, -0.05) is 42.2 Å². The van der Waals surface area contributed by atoms with Gasteiger partial charge in [-0.25, -0.2) is 0 Å². The van der Waals surface area contributed by atoms with Crippen molar-refractivity contribution in [2.45, 2.75) is 6.92 Å². The summed E-state index contributed by atoms with van der Waals surface area (Å²) in [6, 6.07) is 13.4. The lowest BCUT2D eigenvalue weighted by Crippen LogP contribution is -2.27. The number of anilines is 1. The fourth-order valence-corrected chi connectivity index (χ4v) is 5.43. The van der Waals surface area contributed by atoms with Gasteiger partial charge in [-0.2, -0.15) is 0 Å². The van der Waals surface area contributed by atoms with Crippen molar-refractivity contribution in [1.29, 1.82) is 0 Å². The molecule has 1 fully saturated rings. The molecule has 7 heteroatoms. The molecule has 0 saturated carbocycles. The minimum Gasteiger partial charge on any atom is -0.492 e. The van der Waals surface area contributed by atoms with Crippen LogP contribution in [0.3, 0.4) is 0 Å². The van der Waals surface area contributed by atoms with E-state index in [1.165, 1.54) is 11.8 Å². The van der Waals surface area contributed by atoms with E-state index in [1.54, 1.807) is 4.90 Å². The van der Waals surface area contributed by atoms with Crippen LogP contribution < -0.4 is 9.64 Å². The molecule has 0 spiro atoms. The molecule has 0 N–H and O–H groups in total. The van der Waals surface area contributed by atoms with Gasteiger partial charge in [-0.3, -0.25) is 9.69 Å². The monoisotopic (exact) mass is 545 g/mol. The summed E-state index contributed by atoms with van der Waals surface area (Å²) in [4.78, 5) is 15.0. The molecule has 128 valence electrons. The third kappa shape index (κ3) is 4.10. The molecule has 2 aromatic rings. The molecule has 1 aliphatic heterocycles. The first-order valence-corrected chi connectivity index (χ1v) is 10.6. The van der Waals surface area contributed by atoms with Crippen molar-refractivity contribution in [2.24, 2.45) is 0 Å². The average Bonchev–Trinajstić information content (AvgIpc) is 2.85. The normalized spacial score (nSPS) is 16.0. The molecule has 0 radical (unpaired) electrons. The Hall–Kier alpha value is -0.900. The van der Waals surface area contributed by atoms with Crippen molar-refractivity contribution in [3.05, 3.63) is 61.0 Å². The highest BCUT2D eigenvalue weighted by Gasteiger charge is 2.33. The number of benzene rings is 2. The van der Waals surface area contributed by atoms with E-state index < -0.39 is 0 Å². The van der Waals surface area contributed by atoms with E-state index in [0.29, 0.717) is 15.8 Å². The maximum Gasteiger partial charge on any atom is 0.270 e. The number of hydrogen-bond acceptors (Lipinski definition) is 4. The Bertz CT molecular complexity index is 848. The first-order chi connectivity index (χ1) is 12.0. The summed E-state index contributed by atoms with van der Waals surface area (Å²) in [7, 11) is 0. The Balaban J connectivity index is 1.93. The smallest absolute Gasteiger partial charge is 0.270 e. The van der Waals surface area contributed by atoms with Gasteiger partial charge in [0.1, 0.15) is 5.75 Å². The quantitative estimate of drug-likeness (QED) is 0.273. The van der Waals surface area contributed by atoms with Gasteiger partial charge in [0.2, 0.25) is 0 Å². The number of para-hydroxylation sites is 1. The summed E-state index contributed by atoms with van der Waals surface area (Å²) in [5.74, 6) is 0.721. The maximum absolute atomic E-state index is 12.8. The fourth-order valence-electron chi connectivity index (χ4n) is 2.36. The minimum atomic E-state index is -0.0961. The zero-order valence-electron chi connectivity index (χ0n) is 13.2. The van der Waals surface area contributed by atoms with E-state index in [2.05, 4.69) is 38.5 Å². The highest BCUT2D eigenvalue weighted by molar-refractivity contribution is 14.1. The molecule has 0 atom stereocenters.